The lowest BCUT2D eigenvalue weighted by molar-refractivity contribution is 0.324. The molecule has 0 aliphatic carbocycles. The molecule has 0 radical (unpaired) electrons. The summed E-state index contributed by atoms with van der Waals surface area (Å²) in [5, 5.41) is 12.0. The lowest BCUT2D eigenvalue weighted by Gasteiger charge is -2.14. The van der Waals surface area contributed by atoms with E-state index in [1.54, 1.807) is 21.3 Å². The molecular weight excluding hydrogens is 320 g/mol. The van der Waals surface area contributed by atoms with E-state index in [-0.39, 0.29) is 12.4 Å². The highest BCUT2D eigenvalue weighted by Gasteiger charge is 2.20. The summed E-state index contributed by atoms with van der Waals surface area (Å²) in [5.74, 6) is 3.61. The van der Waals surface area contributed by atoms with Crippen molar-refractivity contribution in [3.63, 3.8) is 0 Å². The number of ether oxygens (including phenoxy) is 3. The normalized spacial score (nSPS) is 13.5. The van der Waals surface area contributed by atoms with Crippen molar-refractivity contribution >= 4 is 12.4 Å². The molecule has 0 atom stereocenters. The maximum Gasteiger partial charge on any atom is 0.203 e. The lowest BCUT2D eigenvalue weighted by atomic mass is 10.1. The third-order valence-corrected chi connectivity index (χ3v) is 3.79. The quantitative estimate of drug-likeness (QED) is 0.910. The Balaban J connectivity index is 0.00000192. The van der Waals surface area contributed by atoms with Crippen LogP contribution in [-0.4, -0.2) is 49.2 Å². The lowest BCUT2D eigenvalue weighted by Crippen LogP contribution is -2.17. The molecule has 1 aliphatic heterocycles. The number of halogens is 1. The Labute approximate surface area is 141 Å². The second kappa shape index (κ2) is 7.52. The van der Waals surface area contributed by atoms with Crippen LogP contribution < -0.4 is 19.5 Å². The highest BCUT2D eigenvalue weighted by molar-refractivity contribution is 5.85. The summed E-state index contributed by atoms with van der Waals surface area (Å²) >= 11 is 0. The minimum absolute atomic E-state index is 0. The SMILES string of the molecule is COc1cc(-c2nnc3n2CCNCC3)cc(OC)c1OC.Cl. The van der Waals surface area contributed by atoms with Crippen molar-refractivity contribution in [3.8, 4) is 28.6 Å². The van der Waals surface area contributed by atoms with Crippen LogP contribution in [0.1, 0.15) is 5.82 Å². The Morgan fingerprint density at radius 2 is 1.70 bits per heavy atom. The van der Waals surface area contributed by atoms with E-state index >= 15 is 0 Å². The van der Waals surface area contributed by atoms with Gasteiger partial charge in [-0.05, 0) is 12.1 Å². The fraction of sp³-hybridized carbons (Fsp3) is 0.467. The maximum absolute atomic E-state index is 5.41. The van der Waals surface area contributed by atoms with Gasteiger partial charge in [-0.15, -0.1) is 22.6 Å². The van der Waals surface area contributed by atoms with Gasteiger partial charge >= 0.3 is 0 Å². The van der Waals surface area contributed by atoms with Crippen LogP contribution in [-0.2, 0) is 13.0 Å². The molecule has 2 aromatic rings. The molecule has 1 N–H and O–H groups in total. The van der Waals surface area contributed by atoms with Gasteiger partial charge in [0.1, 0.15) is 5.82 Å². The van der Waals surface area contributed by atoms with Gasteiger partial charge in [0.15, 0.2) is 17.3 Å². The van der Waals surface area contributed by atoms with Crippen molar-refractivity contribution < 1.29 is 14.2 Å². The summed E-state index contributed by atoms with van der Waals surface area (Å²) in [5.41, 5.74) is 0.898. The summed E-state index contributed by atoms with van der Waals surface area (Å²) in [7, 11) is 4.81. The summed E-state index contributed by atoms with van der Waals surface area (Å²) in [6, 6.07) is 3.80. The molecule has 1 aromatic heterocycles. The molecule has 0 spiro atoms. The molecule has 3 rings (SSSR count). The fourth-order valence-corrected chi connectivity index (χ4v) is 2.70. The Bertz CT molecular complexity index is 650. The molecule has 23 heavy (non-hydrogen) atoms. The smallest absolute Gasteiger partial charge is 0.203 e. The third-order valence-electron chi connectivity index (χ3n) is 3.79. The first-order valence-corrected chi connectivity index (χ1v) is 7.21. The topological polar surface area (TPSA) is 70.4 Å². The third kappa shape index (κ3) is 3.20. The van der Waals surface area contributed by atoms with E-state index in [4.69, 9.17) is 14.2 Å². The number of hydrogen-bond acceptors (Lipinski definition) is 6. The summed E-state index contributed by atoms with van der Waals surface area (Å²) in [6.45, 7) is 2.67. The standard InChI is InChI=1S/C15H20N4O3.ClH/c1-20-11-8-10(9-12(21-2)14(11)22-3)15-18-17-13-4-5-16-6-7-19(13)15;/h8-9,16H,4-7H2,1-3H3;1H. The first-order chi connectivity index (χ1) is 10.8. The van der Waals surface area contributed by atoms with Gasteiger partial charge < -0.3 is 24.1 Å². The molecule has 2 heterocycles. The molecule has 8 heteroatoms. The minimum Gasteiger partial charge on any atom is -0.493 e. The van der Waals surface area contributed by atoms with Gasteiger partial charge in [0.25, 0.3) is 0 Å². The molecule has 1 aliphatic rings. The number of nitrogens with zero attached hydrogens (tertiary/aromatic N) is 3. The molecule has 0 fully saturated rings. The zero-order chi connectivity index (χ0) is 15.5. The molecule has 0 unspecified atom stereocenters. The van der Waals surface area contributed by atoms with E-state index in [1.165, 1.54) is 0 Å². The van der Waals surface area contributed by atoms with Gasteiger partial charge in [-0.3, -0.25) is 0 Å². The van der Waals surface area contributed by atoms with Crippen molar-refractivity contribution in [3.05, 3.63) is 18.0 Å². The van der Waals surface area contributed by atoms with Crippen LogP contribution in [0.25, 0.3) is 11.4 Å². The van der Waals surface area contributed by atoms with Crippen molar-refractivity contribution in [2.75, 3.05) is 34.4 Å². The number of benzene rings is 1. The maximum atomic E-state index is 5.41. The Kier molecular flexibility index (Phi) is 5.68. The molecule has 0 saturated heterocycles. The van der Waals surface area contributed by atoms with E-state index < -0.39 is 0 Å². The van der Waals surface area contributed by atoms with Crippen LogP contribution >= 0.6 is 12.4 Å². The highest BCUT2D eigenvalue weighted by Crippen LogP contribution is 2.40. The zero-order valence-electron chi connectivity index (χ0n) is 13.5. The average Bonchev–Trinajstić information content (AvgIpc) is 2.81. The number of nitrogens with one attached hydrogen (secondary N) is 1. The fourth-order valence-electron chi connectivity index (χ4n) is 2.70. The van der Waals surface area contributed by atoms with Crippen molar-refractivity contribution in [1.82, 2.24) is 20.1 Å². The van der Waals surface area contributed by atoms with Crippen LogP contribution in [0.4, 0.5) is 0 Å². The molecule has 126 valence electrons. The molecule has 0 saturated carbocycles. The number of fused-ring (bicyclic) bond motifs is 1. The van der Waals surface area contributed by atoms with E-state index in [0.717, 1.165) is 43.3 Å². The van der Waals surface area contributed by atoms with E-state index in [0.29, 0.717) is 17.2 Å². The van der Waals surface area contributed by atoms with Crippen LogP contribution in [0.3, 0.4) is 0 Å². The first kappa shape index (κ1) is 17.4. The predicted octanol–water partition coefficient (Wildman–Crippen LogP) is 1.54. The summed E-state index contributed by atoms with van der Waals surface area (Å²) < 4.78 is 18.3. The molecule has 0 amide bonds. The number of aromatic nitrogens is 3. The zero-order valence-corrected chi connectivity index (χ0v) is 14.3. The van der Waals surface area contributed by atoms with Gasteiger partial charge in [0, 0.05) is 31.6 Å². The Morgan fingerprint density at radius 3 is 2.30 bits per heavy atom. The van der Waals surface area contributed by atoms with Gasteiger partial charge in [-0.2, -0.15) is 0 Å². The van der Waals surface area contributed by atoms with Crippen molar-refractivity contribution in [1.29, 1.82) is 0 Å². The van der Waals surface area contributed by atoms with Crippen molar-refractivity contribution in [2.45, 2.75) is 13.0 Å². The predicted molar refractivity (Wildman–Crippen MR) is 88.9 cm³/mol. The minimum atomic E-state index is 0. The van der Waals surface area contributed by atoms with Crippen LogP contribution in [0.15, 0.2) is 12.1 Å². The molecule has 7 nitrogen and oxygen atoms in total. The number of rotatable bonds is 4. The number of hydrogen-bond donors (Lipinski definition) is 1. The Hall–Kier alpha value is -1.99. The Morgan fingerprint density at radius 1 is 1.00 bits per heavy atom. The van der Waals surface area contributed by atoms with Crippen LogP contribution in [0, 0.1) is 0 Å². The monoisotopic (exact) mass is 340 g/mol. The second-order valence-corrected chi connectivity index (χ2v) is 5.01. The largest absolute Gasteiger partial charge is 0.493 e. The van der Waals surface area contributed by atoms with E-state index in [9.17, 15) is 0 Å². The number of methoxy groups -OCH3 is 3. The average molecular weight is 341 g/mol. The van der Waals surface area contributed by atoms with E-state index in [1.807, 2.05) is 12.1 Å². The summed E-state index contributed by atoms with van der Waals surface area (Å²) in [4.78, 5) is 0. The van der Waals surface area contributed by atoms with Crippen molar-refractivity contribution in [2.24, 2.45) is 0 Å². The van der Waals surface area contributed by atoms with Crippen LogP contribution in [0.5, 0.6) is 17.2 Å². The van der Waals surface area contributed by atoms with Gasteiger partial charge in [-0.1, -0.05) is 0 Å². The highest BCUT2D eigenvalue weighted by atomic mass is 35.5. The first-order valence-electron chi connectivity index (χ1n) is 7.21. The summed E-state index contributed by atoms with van der Waals surface area (Å²) in [6.07, 6.45) is 0.872. The van der Waals surface area contributed by atoms with Gasteiger partial charge in [0.2, 0.25) is 5.75 Å². The molecule has 1 aromatic carbocycles. The molecular formula is C15H21ClN4O3. The van der Waals surface area contributed by atoms with Crippen LogP contribution in [0.2, 0.25) is 0 Å². The van der Waals surface area contributed by atoms with E-state index in [2.05, 4.69) is 20.1 Å². The second-order valence-electron chi connectivity index (χ2n) is 5.01. The van der Waals surface area contributed by atoms with Gasteiger partial charge in [0.05, 0.1) is 21.3 Å². The van der Waals surface area contributed by atoms with Gasteiger partial charge in [-0.25, -0.2) is 0 Å². The molecule has 0 bridgehead atoms.